The lowest BCUT2D eigenvalue weighted by molar-refractivity contribution is 1.30. The van der Waals surface area contributed by atoms with Crippen molar-refractivity contribution in [3.05, 3.63) is 188 Å². The van der Waals surface area contributed by atoms with Gasteiger partial charge in [-0.15, -0.1) is 22.7 Å². The van der Waals surface area contributed by atoms with Crippen LogP contribution in [0.1, 0.15) is 0 Å². The third-order valence-electron chi connectivity index (χ3n) is 9.85. The van der Waals surface area contributed by atoms with Crippen LogP contribution in [0.3, 0.4) is 0 Å². The van der Waals surface area contributed by atoms with Gasteiger partial charge in [-0.1, -0.05) is 133 Å². The number of nitrogens with zero attached hydrogens (tertiary/aromatic N) is 1. The Morgan fingerprint density at radius 2 is 0.902 bits per heavy atom. The van der Waals surface area contributed by atoms with E-state index in [0.717, 1.165) is 11.4 Å². The number of hydrogen-bond acceptors (Lipinski definition) is 3. The first-order valence-corrected chi connectivity index (χ1v) is 18.9. The van der Waals surface area contributed by atoms with Crippen molar-refractivity contribution in [2.45, 2.75) is 0 Å². The van der Waals surface area contributed by atoms with E-state index < -0.39 is 0 Å². The van der Waals surface area contributed by atoms with Crippen molar-refractivity contribution in [3.8, 4) is 33.4 Å². The summed E-state index contributed by atoms with van der Waals surface area (Å²) in [6, 6.07) is 68.7. The molecular weight excluding hydrogens is 655 g/mol. The molecule has 10 rings (SSSR count). The van der Waals surface area contributed by atoms with E-state index in [-0.39, 0.29) is 0 Å². The van der Waals surface area contributed by atoms with Crippen molar-refractivity contribution in [1.82, 2.24) is 0 Å². The lowest BCUT2D eigenvalue weighted by Gasteiger charge is -2.27. The van der Waals surface area contributed by atoms with Gasteiger partial charge < -0.3 is 4.90 Å². The van der Waals surface area contributed by atoms with Gasteiger partial charge in [0.05, 0.1) is 10.4 Å². The molecule has 0 saturated heterocycles. The average Bonchev–Trinajstić information content (AvgIpc) is 3.78. The van der Waals surface area contributed by atoms with Gasteiger partial charge in [0.1, 0.15) is 0 Å². The second kappa shape index (κ2) is 12.4. The fraction of sp³-hybridized carbons (Fsp3) is 0. The van der Waals surface area contributed by atoms with Crippen LogP contribution in [0.5, 0.6) is 0 Å². The Bertz CT molecular complexity index is 2850. The SMILES string of the molecule is c1ccc(-c2ccc(N(c3cc(-c4ccccc4)cc(-c4cccc5sc6ccccc6c45)c3)c3cccc4c3sc3ccccc34)cc2)cc1. The number of anilines is 3. The van der Waals surface area contributed by atoms with Gasteiger partial charge >= 0.3 is 0 Å². The number of rotatable bonds is 6. The largest absolute Gasteiger partial charge is 0.309 e. The molecule has 2 aromatic heterocycles. The number of fused-ring (bicyclic) bond motifs is 6. The Balaban J connectivity index is 1.25. The second-order valence-corrected chi connectivity index (χ2v) is 15.0. The Labute approximate surface area is 304 Å². The molecule has 0 unspecified atom stereocenters. The van der Waals surface area contributed by atoms with Gasteiger partial charge in [-0.2, -0.15) is 0 Å². The summed E-state index contributed by atoms with van der Waals surface area (Å²) in [7, 11) is 0. The fourth-order valence-corrected chi connectivity index (χ4v) is 9.82. The fourth-order valence-electron chi connectivity index (χ4n) is 7.48. The van der Waals surface area contributed by atoms with Crippen LogP contribution in [0.15, 0.2) is 188 Å². The molecular formula is C48H31NS2. The van der Waals surface area contributed by atoms with Crippen molar-refractivity contribution in [3.63, 3.8) is 0 Å². The zero-order chi connectivity index (χ0) is 33.7. The van der Waals surface area contributed by atoms with Crippen LogP contribution in [-0.4, -0.2) is 0 Å². The summed E-state index contributed by atoms with van der Waals surface area (Å²) in [6.07, 6.45) is 0. The molecule has 0 radical (unpaired) electrons. The summed E-state index contributed by atoms with van der Waals surface area (Å²) in [5.41, 5.74) is 10.7. The first kappa shape index (κ1) is 29.9. The lowest BCUT2D eigenvalue weighted by Crippen LogP contribution is -2.10. The molecule has 2 heterocycles. The van der Waals surface area contributed by atoms with Crippen molar-refractivity contribution >= 4 is 80.1 Å². The van der Waals surface area contributed by atoms with Crippen LogP contribution in [-0.2, 0) is 0 Å². The third-order valence-corrected chi connectivity index (χ3v) is 12.2. The molecule has 0 saturated carbocycles. The summed E-state index contributed by atoms with van der Waals surface area (Å²) < 4.78 is 5.21. The molecule has 0 fully saturated rings. The quantitative estimate of drug-likeness (QED) is 0.168. The van der Waals surface area contributed by atoms with Crippen LogP contribution in [0.25, 0.3) is 73.7 Å². The van der Waals surface area contributed by atoms with Crippen molar-refractivity contribution in [2.24, 2.45) is 0 Å². The highest BCUT2D eigenvalue weighted by atomic mass is 32.1. The first-order valence-electron chi connectivity index (χ1n) is 17.3. The molecule has 10 aromatic rings. The van der Waals surface area contributed by atoms with Crippen LogP contribution >= 0.6 is 22.7 Å². The summed E-state index contributed by atoms with van der Waals surface area (Å²) in [4.78, 5) is 2.47. The highest BCUT2D eigenvalue weighted by molar-refractivity contribution is 7.26. The van der Waals surface area contributed by atoms with E-state index in [2.05, 4.69) is 193 Å². The molecule has 8 aromatic carbocycles. The normalized spacial score (nSPS) is 11.5. The van der Waals surface area contributed by atoms with Crippen LogP contribution in [0.2, 0.25) is 0 Å². The maximum atomic E-state index is 2.47. The molecule has 1 nitrogen and oxygen atoms in total. The minimum Gasteiger partial charge on any atom is -0.309 e. The average molecular weight is 686 g/mol. The summed E-state index contributed by atoms with van der Waals surface area (Å²) in [5.74, 6) is 0. The highest BCUT2D eigenvalue weighted by Crippen LogP contribution is 2.47. The number of thiophene rings is 2. The molecule has 0 aliphatic heterocycles. The topological polar surface area (TPSA) is 3.24 Å². The third kappa shape index (κ3) is 5.21. The highest BCUT2D eigenvalue weighted by Gasteiger charge is 2.21. The monoisotopic (exact) mass is 685 g/mol. The lowest BCUT2D eigenvalue weighted by atomic mass is 9.94. The van der Waals surface area contributed by atoms with Crippen molar-refractivity contribution in [1.29, 1.82) is 0 Å². The first-order chi connectivity index (χ1) is 25.3. The van der Waals surface area contributed by atoms with Gasteiger partial charge in [0, 0.05) is 47.0 Å². The molecule has 0 amide bonds. The van der Waals surface area contributed by atoms with Gasteiger partial charge in [0.15, 0.2) is 0 Å². The summed E-state index contributed by atoms with van der Waals surface area (Å²) in [6.45, 7) is 0. The summed E-state index contributed by atoms with van der Waals surface area (Å²) >= 11 is 3.74. The van der Waals surface area contributed by atoms with Crippen LogP contribution in [0.4, 0.5) is 17.1 Å². The minimum absolute atomic E-state index is 1.12. The van der Waals surface area contributed by atoms with E-state index in [4.69, 9.17) is 0 Å². The predicted octanol–water partition coefficient (Wildman–Crippen LogP) is 14.9. The van der Waals surface area contributed by atoms with E-state index in [1.807, 2.05) is 22.7 Å². The van der Waals surface area contributed by atoms with Gasteiger partial charge in [-0.3, -0.25) is 0 Å². The van der Waals surface area contributed by atoms with Gasteiger partial charge in [0.2, 0.25) is 0 Å². The number of benzene rings is 8. The van der Waals surface area contributed by atoms with Gasteiger partial charge in [-0.05, 0) is 88.0 Å². The zero-order valence-electron chi connectivity index (χ0n) is 27.7. The van der Waals surface area contributed by atoms with E-state index in [9.17, 15) is 0 Å². The Morgan fingerprint density at radius 3 is 1.67 bits per heavy atom. The molecule has 0 bridgehead atoms. The molecule has 240 valence electrons. The van der Waals surface area contributed by atoms with Crippen LogP contribution in [0, 0.1) is 0 Å². The van der Waals surface area contributed by atoms with E-state index in [0.29, 0.717) is 0 Å². The van der Waals surface area contributed by atoms with E-state index in [1.54, 1.807) is 0 Å². The maximum Gasteiger partial charge on any atom is 0.0640 e. The number of hydrogen-bond donors (Lipinski definition) is 0. The molecule has 0 aliphatic carbocycles. The molecule has 51 heavy (non-hydrogen) atoms. The van der Waals surface area contributed by atoms with Crippen LogP contribution < -0.4 is 4.90 Å². The van der Waals surface area contributed by atoms with Gasteiger partial charge in [0.25, 0.3) is 0 Å². The van der Waals surface area contributed by atoms with E-state index in [1.165, 1.54) is 79.4 Å². The van der Waals surface area contributed by atoms with E-state index >= 15 is 0 Å². The molecule has 0 spiro atoms. The van der Waals surface area contributed by atoms with Gasteiger partial charge in [-0.25, -0.2) is 0 Å². The smallest absolute Gasteiger partial charge is 0.0640 e. The summed E-state index contributed by atoms with van der Waals surface area (Å²) in [5, 5.41) is 5.21. The predicted molar refractivity (Wildman–Crippen MR) is 223 cm³/mol. The molecule has 3 heteroatoms. The second-order valence-electron chi connectivity index (χ2n) is 12.9. The Kier molecular flexibility index (Phi) is 7.26. The Hall–Kier alpha value is -6.00. The minimum atomic E-state index is 1.12. The molecule has 0 atom stereocenters. The molecule has 0 aliphatic rings. The Morgan fingerprint density at radius 1 is 0.333 bits per heavy atom. The standard InChI is InChI=1S/C48H31NS2/c1-3-13-32(14-4-1)34-25-27-37(28-26-34)49(43-21-11-20-41-40-17-7-9-22-44(40)51-48(41)43)38-30-35(33-15-5-2-6-16-33)29-36(31-38)39-19-12-24-46-47(39)42-18-8-10-23-45(42)50-46/h1-31H. The zero-order valence-corrected chi connectivity index (χ0v) is 29.3. The maximum absolute atomic E-state index is 2.47. The van der Waals surface area contributed by atoms with Crippen molar-refractivity contribution < 1.29 is 0 Å². The molecule has 0 N–H and O–H groups in total. The van der Waals surface area contributed by atoms with Crippen molar-refractivity contribution in [2.75, 3.05) is 4.90 Å².